The number of rotatable bonds is 5. The summed E-state index contributed by atoms with van der Waals surface area (Å²) in [5, 5.41) is 14.8. The van der Waals surface area contributed by atoms with Crippen LogP contribution >= 0.6 is 11.6 Å². The van der Waals surface area contributed by atoms with Crippen molar-refractivity contribution in [3.8, 4) is 6.07 Å². The van der Waals surface area contributed by atoms with E-state index in [4.69, 9.17) is 21.6 Å². The SMILES string of the molecule is COC1C=C(C(=O)Nc2ccc(Cl)cn2)C(NC(=O)c2ccc(C#N)cc2)=CC1. The number of benzene rings is 1. The van der Waals surface area contributed by atoms with Crippen molar-refractivity contribution in [3.63, 3.8) is 0 Å². The summed E-state index contributed by atoms with van der Waals surface area (Å²) < 4.78 is 5.32. The van der Waals surface area contributed by atoms with E-state index in [1.807, 2.05) is 6.07 Å². The first kappa shape index (κ1) is 20.3. The normalized spacial score (nSPS) is 15.6. The molecule has 0 saturated carbocycles. The minimum Gasteiger partial charge on any atom is -0.377 e. The Kier molecular flexibility index (Phi) is 6.39. The molecule has 0 fully saturated rings. The maximum absolute atomic E-state index is 12.8. The molecule has 1 heterocycles. The van der Waals surface area contributed by atoms with Gasteiger partial charge in [-0.25, -0.2) is 4.98 Å². The van der Waals surface area contributed by atoms with Gasteiger partial charge in [0.15, 0.2) is 0 Å². The quantitative estimate of drug-likeness (QED) is 0.790. The lowest BCUT2D eigenvalue weighted by atomic mass is 9.99. The summed E-state index contributed by atoms with van der Waals surface area (Å²) >= 11 is 5.82. The number of ether oxygens (including phenoxy) is 1. The Morgan fingerprint density at radius 1 is 1.17 bits per heavy atom. The monoisotopic (exact) mass is 408 g/mol. The highest BCUT2D eigenvalue weighted by Crippen LogP contribution is 2.21. The van der Waals surface area contributed by atoms with Gasteiger partial charge in [0, 0.05) is 24.6 Å². The predicted octanol–water partition coefficient (Wildman–Crippen LogP) is 3.20. The number of hydrogen-bond donors (Lipinski definition) is 2. The Balaban J connectivity index is 1.78. The van der Waals surface area contributed by atoms with Crippen molar-refractivity contribution in [2.75, 3.05) is 12.4 Å². The molecule has 2 N–H and O–H groups in total. The molecule has 0 bridgehead atoms. The Morgan fingerprint density at radius 2 is 1.93 bits per heavy atom. The highest BCUT2D eigenvalue weighted by molar-refractivity contribution is 6.30. The minimum absolute atomic E-state index is 0.266. The molecule has 0 radical (unpaired) electrons. The van der Waals surface area contributed by atoms with Crippen LogP contribution in [-0.2, 0) is 9.53 Å². The van der Waals surface area contributed by atoms with Gasteiger partial charge in [-0.3, -0.25) is 9.59 Å². The molecular weight excluding hydrogens is 392 g/mol. The first-order chi connectivity index (χ1) is 14.0. The minimum atomic E-state index is -0.437. The molecule has 146 valence electrons. The fraction of sp³-hybridized carbons (Fsp3) is 0.143. The van der Waals surface area contributed by atoms with Gasteiger partial charge in [-0.05, 0) is 48.9 Å². The van der Waals surface area contributed by atoms with Gasteiger partial charge in [-0.1, -0.05) is 17.7 Å². The number of hydrogen-bond acceptors (Lipinski definition) is 5. The Labute approximate surface area is 172 Å². The molecule has 1 unspecified atom stereocenters. The van der Waals surface area contributed by atoms with Crippen molar-refractivity contribution in [2.24, 2.45) is 0 Å². The van der Waals surface area contributed by atoms with Crippen molar-refractivity contribution >= 4 is 29.2 Å². The number of amides is 2. The molecule has 29 heavy (non-hydrogen) atoms. The Morgan fingerprint density at radius 3 is 2.55 bits per heavy atom. The Bertz CT molecular complexity index is 1020. The fourth-order valence-corrected chi connectivity index (χ4v) is 2.80. The van der Waals surface area contributed by atoms with Crippen LogP contribution in [0.5, 0.6) is 0 Å². The van der Waals surface area contributed by atoms with E-state index < -0.39 is 5.91 Å². The first-order valence-corrected chi connectivity index (χ1v) is 9.07. The number of carbonyl (C=O) groups is 2. The number of halogens is 1. The molecule has 2 amide bonds. The number of pyridine rings is 1. The first-order valence-electron chi connectivity index (χ1n) is 8.69. The predicted molar refractivity (Wildman–Crippen MR) is 108 cm³/mol. The lowest BCUT2D eigenvalue weighted by Crippen LogP contribution is -2.31. The van der Waals surface area contributed by atoms with E-state index in [1.54, 1.807) is 55.7 Å². The average Bonchev–Trinajstić information content (AvgIpc) is 2.75. The third-order valence-corrected chi connectivity index (χ3v) is 4.46. The van der Waals surface area contributed by atoms with Crippen LogP contribution in [0.2, 0.25) is 5.02 Å². The third kappa shape index (κ3) is 5.08. The molecule has 0 spiro atoms. The molecule has 3 rings (SSSR count). The van der Waals surface area contributed by atoms with Crippen molar-refractivity contribution in [2.45, 2.75) is 12.5 Å². The summed E-state index contributed by atoms with van der Waals surface area (Å²) in [6.45, 7) is 0. The fourth-order valence-electron chi connectivity index (χ4n) is 2.69. The van der Waals surface area contributed by atoms with E-state index in [2.05, 4.69) is 15.6 Å². The van der Waals surface area contributed by atoms with E-state index in [0.29, 0.717) is 34.1 Å². The van der Waals surface area contributed by atoms with Crippen LogP contribution in [0.1, 0.15) is 22.3 Å². The highest BCUT2D eigenvalue weighted by atomic mass is 35.5. The molecule has 1 aliphatic carbocycles. The van der Waals surface area contributed by atoms with Gasteiger partial charge < -0.3 is 15.4 Å². The van der Waals surface area contributed by atoms with Crippen molar-refractivity contribution in [1.29, 1.82) is 5.26 Å². The number of anilines is 1. The molecule has 7 nitrogen and oxygen atoms in total. The number of nitrogens with zero attached hydrogens (tertiary/aromatic N) is 2. The summed E-state index contributed by atoms with van der Waals surface area (Å²) in [5.74, 6) is -0.495. The van der Waals surface area contributed by atoms with Gasteiger partial charge in [-0.2, -0.15) is 5.26 Å². The molecule has 1 atom stereocenters. The van der Waals surface area contributed by atoms with Gasteiger partial charge in [-0.15, -0.1) is 0 Å². The molecular formula is C21H17ClN4O3. The van der Waals surface area contributed by atoms with E-state index in [0.717, 1.165) is 0 Å². The van der Waals surface area contributed by atoms with Gasteiger partial charge in [0.25, 0.3) is 11.8 Å². The van der Waals surface area contributed by atoms with Crippen molar-refractivity contribution < 1.29 is 14.3 Å². The number of methoxy groups -OCH3 is 1. The average molecular weight is 409 g/mol. The molecule has 0 saturated heterocycles. The smallest absolute Gasteiger partial charge is 0.258 e. The Hall–Kier alpha value is -3.47. The van der Waals surface area contributed by atoms with E-state index in [-0.39, 0.29) is 17.6 Å². The lowest BCUT2D eigenvalue weighted by molar-refractivity contribution is -0.112. The highest BCUT2D eigenvalue weighted by Gasteiger charge is 2.23. The molecule has 1 aromatic heterocycles. The largest absolute Gasteiger partial charge is 0.377 e. The lowest BCUT2D eigenvalue weighted by Gasteiger charge is -2.21. The third-order valence-electron chi connectivity index (χ3n) is 4.24. The van der Waals surface area contributed by atoms with E-state index >= 15 is 0 Å². The number of nitrogens with one attached hydrogen (secondary N) is 2. The van der Waals surface area contributed by atoms with Gasteiger partial charge in [0.2, 0.25) is 0 Å². The molecule has 1 aliphatic rings. The van der Waals surface area contributed by atoms with Crippen molar-refractivity contribution in [1.82, 2.24) is 10.3 Å². The standard InChI is InChI=1S/C21H17ClN4O3/c1-29-16-7-8-18(25-20(27)14-4-2-13(11-23)3-5-14)17(10-16)21(28)26-19-9-6-15(22)12-24-19/h2-6,8-10,12,16H,7H2,1H3,(H,25,27)(H,24,26,28). The van der Waals surface area contributed by atoms with Gasteiger partial charge in [0.05, 0.1) is 28.3 Å². The summed E-state index contributed by atoms with van der Waals surface area (Å²) in [4.78, 5) is 29.4. The second-order valence-electron chi connectivity index (χ2n) is 6.17. The number of aromatic nitrogens is 1. The van der Waals surface area contributed by atoms with Crippen LogP contribution in [0, 0.1) is 11.3 Å². The number of nitriles is 1. The van der Waals surface area contributed by atoms with Crippen LogP contribution in [0.3, 0.4) is 0 Å². The topological polar surface area (TPSA) is 104 Å². The molecule has 8 heteroatoms. The van der Waals surface area contributed by atoms with Crippen LogP contribution in [0.25, 0.3) is 0 Å². The summed E-state index contributed by atoms with van der Waals surface area (Å²) in [5.41, 5.74) is 1.47. The molecule has 2 aromatic rings. The zero-order valence-electron chi connectivity index (χ0n) is 15.5. The second-order valence-corrected chi connectivity index (χ2v) is 6.60. The van der Waals surface area contributed by atoms with Crippen LogP contribution in [0.15, 0.2) is 66.0 Å². The van der Waals surface area contributed by atoms with Crippen molar-refractivity contribution in [3.05, 3.63) is 82.2 Å². The second kappa shape index (κ2) is 9.15. The van der Waals surface area contributed by atoms with E-state index in [1.165, 1.54) is 6.20 Å². The van der Waals surface area contributed by atoms with Gasteiger partial charge in [0.1, 0.15) is 5.82 Å². The van der Waals surface area contributed by atoms with Gasteiger partial charge >= 0.3 is 0 Å². The summed E-state index contributed by atoms with van der Waals surface area (Å²) in [6, 6.07) is 11.4. The summed E-state index contributed by atoms with van der Waals surface area (Å²) in [7, 11) is 1.55. The number of carbonyl (C=O) groups excluding carboxylic acids is 2. The zero-order chi connectivity index (χ0) is 20.8. The summed E-state index contributed by atoms with van der Waals surface area (Å²) in [6.07, 6.45) is 5.03. The van der Waals surface area contributed by atoms with Crippen LogP contribution in [0.4, 0.5) is 5.82 Å². The zero-order valence-corrected chi connectivity index (χ0v) is 16.2. The molecule has 0 aliphatic heterocycles. The maximum Gasteiger partial charge on any atom is 0.258 e. The van der Waals surface area contributed by atoms with Crippen LogP contribution < -0.4 is 10.6 Å². The van der Waals surface area contributed by atoms with Crippen LogP contribution in [-0.4, -0.2) is 30.0 Å². The maximum atomic E-state index is 12.8. The molecule has 1 aromatic carbocycles. The van der Waals surface area contributed by atoms with E-state index in [9.17, 15) is 9.59 Å².